The molecule has 0 atom stereocenters. The zero-order valence-electron chi connectivity index (χ0n) is 16.9. The summed E-state index contributed by atoms with van der Waals surface area (Å²) in [6.07, 6.45) is 1.49. The number of nitrogens with two attached hydrogens (primary N) is 1. The molecule has 0 aliphatic rings. The van der Waals surface area contributed by atoms with Gasteiger partial charge in [0.2, 0.25) is 0 Å². The summed E-state index contributed by atoms with van der Waals surface area (Å²) < 4.78 is 12.7. The molecule has 0 aliphatic carbocycles. The fourth-order valence-corrected chi connectivity index (χ4v) is 3.41. The van der Waals surface area contributed by atoms with E-state index < -0.39 is 0 Å². The Balaban J connectivity index is 1.76. The number of rotatable bonds is 7. The maximum Gasteiger partial charge on any atom is 0.163 e. The molecular weight excluding hydrogens is 366 g/mol. The highest BCUT2D eigenvalue weighted by Crippen LogP contribution is 2.33. The van der Waals surface area contributed by atoms with E-state index in [0.717, 1.165) is 45.4 Å². The second-order valence-corrected chi connectivity index (χ2v) is 7.45. The van der Waals surface area contributed by atoms with Crippen molar-refractivity contribution >= 4 is 27.6 Å². The Bertz CT molecular complexity index is 1150. The van der Waals surface area contributed by atoms with Crippen LogP contribution in [-0.2, 0) is 11.3 Å². The molecule has 4 aromatic rings. The Labute approximate surface area is 169 Å². The highest BCUT2D eigenvalue weighted by Gasteiger charge is 2.17. The van der Waals surface area contributed by atoms with E-state index in [4.69, 9.17) is 20.3 Å². The molecule has 4 rings (SSSR count). The van der Waals surface area contributed by atoms with E-state index >= 15 is 0 Å². The monoisotopic (exact) mass is 391 g/mol. The number of hydrogen-bond acceptors (Lipinski definition) is 6. The predicted molar refractivity (Wildman–Crippen MR) is 115 cm³/mol. The van der Waals surface area contributed by atoms with E-state index in [1.54, 1.807) is 7.11 Å². The molecule has 0 fully saturated rings. The van der Waals surface area contributed by atoms with Gasteiger partial charge < -0.3 is 15.2 Å². The van der Waals surface area contributed by atoms with Crippen LogP contribution in [0.5, 0.6) is 5.75 Å². The van der Waals surface area contributed by atoms with Gasteiger partial charge in [-0.3, -0.25) is 0 Å². The molecule has 0 saturated heterocycles. The first-order valence-electron chi connectivity index (χ1n) is 9.69. The van der Waals surface area contributed by atoms with Gasteiger partial charge >= 0.3 is 0 Å². The minimum atomic E-state index is 0.440. The number of fused-ring (bicyclic) bond motifs is 2. The van der Waals surface area contributed by atoms with Gasteiger partial charge in [-0.05, 0) is 34.9 Å². The van der Waals surface area contributed by atoms with Gasteiger partial charge in [-0.2, -0.15) is 5.10 Å². The fourth-order valence-electron chi connectivity index (χ4n) is 3.41. The molecule has 150 valence electrons. The van der Waals surface area contributed by atoms with E-state index in [2.05, 4.69) is 42.0 Å². The minimum absolute atomic E-state index is 0.440. The lowest BCUT2D eigenvalue weighted by molar-refractivity contribution is 0.146. The second-order valence-electron chi connectivity index (χ2n) is 7.45. The van der Waals surface area contributed by atoms with Crippen LogP contribution in [-0.4, -0.2) is 40.1 Å². The van der Waals surface area contributed by atoms with E-state index in [1.165, 1.54) is 6.33 Å². The molecule has 0 radical (unpaired) electrons. The summed E-state index contributed by atoms with van der Waals surface area (Å²) in [5.41, 5.74) is 8.76. The van der Waals surface area contributed by atoms with Crippen LogP contribution in [0.3, 0.4) is 0 Å². The van der Waals surface area contributed by atoms with Crippen LogP contribution in [0.4, 0.5) is 5.82 Å². The second kappa shape index (κ2) is 8.05. The van der Waals surface area contributed by atoms with Crippen LogP contribution in [0.2, 0.25) is 0 Å². The molecule has 2 heterocycles. The lowest BCUT2D eigenvalue weighted by atomic mass is 10.0. The Morgan fingerprint density at radius 1 is 1.03 bits per heavy atom. The lowest BCUT2D eigenvalue weighted by Gasteiger charge is -2.08. The van der Waals surface area contributed by atoms with Crippen molar-refractivity contribution in [3.8, 4) is 17.0 Å². The first-order chi connectivity index (χ1) is 14.1. The molecule has 2 aromatic heterocycles. The third-order valence-electron chi connectivity index (χ3n) is 4.74. The van der Waals surface area contributed by atoms with Crippen molar-refractivity contribution in [3.63, 3.8) is 0 Å². The maximum absolute atomic E-state index is 6.20. The molecule has 0 aliphatic heterocycles. The number of nitrogen functional groups attached to an aromatic ring is 1. The van der Waals surface area contributed by atoms with Crippen molar-refractivity contribution in [3.05, 3.63) is 42.7 Å². The van der Waals surface area contributed by atoms with Crippen molar-refractivity contribution in [2.45, 2.75) is 20.4 Å². The van der Waals surface area contributed by atoms with Crippen LogP contribution in [0.25, 0.3) is 33.1 Å². The lowest BCUT2D eigenvalue weighted by Crippen LogP contribution is -2.07. The summed E-state index contributed by atoms with van der Waals surface area (Å²) in [5.74, 6) is 1.71. The van der Waals surface area contributed by atoms with E-state index in [-0.39, 0.29) is 0 Å². The molecule has 0 bridgehead atoms. The van der Waals surface area contributed by atoms with Crippen LogP contribution < -0.4 is 10.5 Å². The largest absolute Gasteiger partial charge is 0.491 e. The third kappa shape index (κ3) is 3.86. The van der Waals surface area contributed by atoms with Crippen LogP contribution >= 0.6 is 0 Å². The quantitative estimate of drug-likeness (QED) is 0.481. The Morgan fingerprint density at radius 2 is 1.83 bits per heavy atom. The average Bonchev–Trinajstić information content (AvgIpc) is 3.07. The number of methoxy groups -OCH3 is 1. The Kier molecular flexibility index (Phi) is 5.31. The summed E-state index contributed by atoms with van der Waals surface area (Å²) in [7, 11) is 1.66. The molecule has 2 N–H and O–H groups in total. The Morgan fingerprint density at radius 3 is 2.62 bits per heavy atom. The van der Waals surface area contributed by atoms with Gasteiger partial charge in [0.25, 0.3) is 0 Å². The normalized spacial score (nSPS) is 11.6. The van der Waals surface area contributed by atoms with Gasteiger partial charge in [0.15, 0.2) is 5.65 Å². The van der Waals surface area contributed by atoms with Crippen LogP contribution in [0.1, 0.15) is 13.8 Å². The van der Waals surface area contributed by atoms with Crippen LogP contribution in [0, 0.1) is 5.92 Å². The average molecular weight is 391 g/mol. The molecule has 0 amide bonds. The smallest absolute Gasteiger partial charge is 0.163 e. The van der Waals surface area contributed by atoms with Gasteiger partial charge in [0, 0.05) is 19.2 Å². The highest BCUT2D eigenvalue weighted by atomic mass is 16.5. The minimum Gasteiger partial charge on any atom is -0.491 e. The number of benzene rings is 2. The van der Waals surface area contributed by atoms with Crippen molar-refractivity contribution < 1.29 is 9.47 Å². The summed E-state index contributed by atoms with van der Waals surface area (Å²) in [5, 5.41) is 7.83. The standard InChI is InChI=1S/C22H25N5O2/c1-14(2)12-27-22-19(21(23)24-13-25-22)20(26-27)17-5-4-16-11-18(29-9-8-28-3)7-6-15(16)10-17/h4-7,10-11,13-14H,8-9,12H2,1-3H3,(H2,23,24,25). The van der Waals surface area contributed by atoms with E-state index in [0.29, 0.717) is 24.9 Å². The van der Waals surface area contributed by atoms with Crippen molar-refractivity contribution in [2.24, 2.45) is 5.92 Å². The van der Waals surface area contributed by atoms with Gasteiger partial charge in [0.05, 0.1) is 12.0 Å². The Hall–Kier alpha value is -3.19. The number of hydrogen-bond donors (Lipinski definition) is 1. The molecule has 7 heteroatoms. The van der Waals surface area contributed by atoms with Crippen molar-refractivity contribution in [2.75, 3.05) is 26.1 Å². The SMILES string of the molecule is COCCOc1ccc2cc(-c3nn(CC(C)C)c4ncnc(N)c34)ccc2c1. The topological polar surface area (TPSA) is 88.1 Å². The van der Waals surface area contributed by atoms with Crippen molar-refractivity contribution in [1.29, 1.82) is 0 Å². The van der Waals surface area contributed by atoms with Gasteiger partial charge in [-0.1, -0.05) is 32.0 Å². The molecule has 2 aromatic carbocycles. The van der Waals surface area contributed by atoms with Crippen LogP contribution in [0.15, 0.2) is 42.7 Å². The number of anilines is 1. The molecule has 29 heavy (non-hydrogen) atoms. The predicted octanol–water partition coefficient (Wildman–Crippen LogP) is 3.91. The highest BCUT2D eigenvalue weighted by molar-refractivity contribution is 6.00. The zero-order valence-corrected chi connectivity index (χ0v) is 16.9. The molecular formula is C22H25N5O2. The van der Waals surface area contributed by atoms with Gasteiger partial charge in [-0.25, -0.2) is 14.6 Å². The number of nitrogens with zero attached hydrogens (tertiary/aromatic N) is 4. The molecule has 7 nitrogen and oxygen atoms in total. The summed E-state index contributed by atoms with van der Waals surface area (Å²) in [6, 6.07) is 12.3. The summed E-state index contributed by atoms with van der Waals surface area (Å²) >= 11 is 0. The third-order valence-corrected chi connectivity index (χ3v) is 4.74. The summed E-state index contributed by atoms with van der Waals surface area (Å²) in [6.45, 7) is 6.16. The molecule has 0 unspecified atom stereocenters. The van der Waals surface area contributed by atoms with Gasteiger partial charge in [-0.15, -0.1) is 0 Å². The number of ether oxygens (including phenoxy) is 2. The first kappa shape index (κ1) is 19.1. The zero-order chi connectivity index (χ0) is 20.4. The maximum atomic E-state index is 6.20. The fraction of sp³-hybridized carbons (Fsp3) is 0.318. The molecule has 0 saturated carbocycles. The first-order valence-corrected chi connectivity index (χ1v) is 9.69. The van der Waals surface area contributed by atoms with E-state index in [9.17, 15) is 0 Å². The summed E-state index contributed by atoms with van der Waals surface area (Å²) in [4.78, 5) is 8.62. The van der Waals surface area contributed by atoms with Gasteiger partial charge in [0.1, 0.15) is 30.2 Å². The molecule has 0 spiro atoms. The van der Waals surface area contributed by atoms with Crippen molar-refractivity contribution in [1.82, 2.24) is 19.7 Å². The number of aromatic nitrogens is 4. The van der Waals surface area contributed by atoms with E-state index in [1.807, 2.05) is 22.9 Å².